The van der Waals surface area contributed by atoms with E-state index in [2.05, 4.69) is 10.4 Å². The smallest absolute Gasteiger partial charge is 0.311 e. The molecule has 1 aromatic heterocycles. The van der Waals surface area contributed by atoms with Crippen molar-refractivity contribution in [1.29, 1.82) is 0 Å². The van der Waals surface area contributed by atoms with Crippen LogP contribution in [-0.4, -0.2) is 30.6 Å². The number of amides is 1. The first-order valence-electron chi connectivity index (χ1n) is 8.13. The van der Waals surface area contributed by atoms with Gasteiger partial charge in [-0.3, -0.25) is 25.0 Å². The second-order valence-corrected chi connectivity index (χ2v) is 5.80. The van der Waals surface area contributed by atoms with Crippen LogP contribution in [0.2, 0.25) is 0 Å². The molecular formula is C17H12FN5O7. The minimum Gasteiger partial charge on any atom is -0.506 e. The summed E-state index contributed by atoms with van der Waals surface area (Å²) in [5.74, 6) is -2.26. The van der Waals surface area contributed by atoms with Crippen molar-refractivity contribution in [3.8, 4) is 11.5 Å². The number of anilines is 1. The number of nitrogens with one attached hydrogen (secondary N) is 1. The Hall–Kier alpha value is -4.55. The summed E-state index contributed by atoms with van der Waals surface area (Å²) in [6.07, 6.45) is 1.34. The minimum atomic E-state index is -0.729. The lowest BCUT2D eigenvalue weighted by Crippen LogP contribution is -2.14. The van der Waals surface area contributed by atoms with E-state index in [1.54, 1.807) is 0 Å². The molecule has 154 valence electrons. The number of phenolic OH excluding ortho intramolecular Hbond substituents is 1. The Balaban J connectivity index is 1.68. The van der Waals surface area contributed by atoms with E-state index in [0.29, 0.717) is 0 Å². The minimum absolute atomic E-state index is 0.0632. The Bertz CT molecular complexity index is 1150. The third-order valence-corrected chi connectivity index (χ3v) is 3.78. The number of halogens is 1. The second-order valence-electron chi connectivity index (χ2n) is 5.80. The van der Waals surface area contributed by atoms with Crippen molar-refractivity contribution in [3.05, 3.63) is 80.4 Å². The molecule has 0 fully saturated rings. The van der Waals surface area contributed by atoms with Gasteiger partial charge in [0.2, 0.25) is 5.75 Å². The number of carbonyl (C=O) groups is 1. The summed E-state index contributed by atoms with van der Waals surface area (Å²) in [7, 11) is 0. The summed E-state index contributed by atoms with van der Waals surface area (Å²) in [6, 6.07) is 7.20. The van der Waals surface area contributed by atoms with Crippen LogP contribution in [0.15, 0.2) is 48.7 Å². The number of nitro benzene ring substituents is 2. The largest absolute Gasteiger partial charge is 0.506 e. The zero-order valence-electron chi connectivity index (χ0n) is 14.9. The lowest BCUT2D eigenvalue weighted by atomic mass is 10.2. The van der Waals surface area contributed by atoms with Gasteiger partial charge in [-0.2, -0.15) is 5.10 Å². The van der Waals surface area contributed by atoms with Gasteiger partial charge in [0.1, 0.15) is 11.6 Å². The summed E-state index contributed by atoms with van der Waals surface area (Å²) in [4.78, 5) is 32.5. The monoisotopic (exact) mass is 417 g/mol. The highest BCUT2D eigenvalue weighted by atomic mass is 19.1. The Morgan fingerprint density at radius 1 is 1.17 bits per heavy atom. The predicted molar refractivity (Wildman–Crippen MR) is 98.6 cm³/mol. The van der Waals surface area contributed by atoms with Crippen LogP contribution >= 0.6 is 0 Å². The maximum atomic E-state index is 13.3. The number of benzene rings is 2. The number of aromatic nitrogens is 2. The number of carbonyl (C=O) groups excluding carboxylic acids is 1. The van der Waals surface area contributed by atoms with E-state index in [-0.39, 0.29) is 29.5 Å². The molecule has 3 rings (SSSR count). The number of hydrogen-bond donors (Lipinski definition) is 2. The molecule has 2 aromatic carbocycles. The van der Waals surface area contributed by atoms with Crippen molar-refractivity contribution < 1.29 is 28.9 Å². The number of rotatable bonds is 7. The summed E-state index contributed by atoms with van der Waals surface area (Å²) < 4.78 is 19.7. The van der Waals surface area contributed by atoms with Gasteiger partial charge in [0.25, 0.3) is 11.6 Å². The van der Waals surface area contributed by atoms with Gasteiger partial charge in [-0.05, 0) is 18.2 Å². The SMILES string of the molecule is O=C(Nc1ccc([N+](=O)[O-])cc1O)c1ccn(COc2cc(F)ccc2[N+](=O)[O-])n1. The summed E-state index contributed by atoms with van der Waals surface area (Å²) >= 11 is 0. The van der Waals surface area contributed by atoms with Gasteiger partial charge in [0.05, 0.1) is 21.6 Å². The van der Waals surface area contributed by atoms with Crippen LogP contribution in [0.4, 0.5) is 21.5 Å². The summed E-state index contributed by atoms with van der Waals surface area (Å²) in [5.41, 5.74) is -0.939. The first-order chi connectivity index (χ1) is 14.2. The van der Waals surface area contributed by atoms with E-state index in [0.717, 1.165) is 41.1 Å². The van der Waals surface area contributed by atoms with E-state index < -0.39 is 33.0 Å². The lowest BCUT2D eigenvalue weighted by molar-refractivity contribution is -0.386. The molecule has 30 heavy (non-hydrogen) atoms. The Labute approximate surface area is 166 Å². The highest BCUT2D eigenvalue weighted by Gasteiger charge is 2.17. The standard InChI is InChI=1S/C17H12FN5O7/c18-10-1-4-14(23(28)29)16(7-10)30-9-21-6-5-13(20-21)17(25)19-12-3-2-11(22(26)27)8-15(12)24/h1-8,24H,9H2,(H,19,25). The van der Waals surface area contributed by atoms with Crippen molar-refractivity contribution in [2.75, 3.05) is 5.32 Å². The number of nitro groups is 2. The zero-order chi connectivity index (χ0) is 21.8. The van der Waals surface area contributed by atoms with Crippen LogP contribution < -0.4 is 10.1 Å². The molecule has 12 nitrogen and oxygen atoms in total. The molecule has 0 saturated heterocycles. The van der Waals surface area contributed by atoms with Gasteiger partial charge in [0, 0.05) is 24.4 Å². The maximum Gasteiger partial charge on any atom is 0.311 e. The number of non-ortho nitro benzene ring substituents is 1. The zero-order valence-corrected chi connectivity index (χ0v) is 14.9. The average molecular weight is 417 g/mol. The van der Waals surface area contributed by atoms with Crippen molar-refractivity contribution in [1.82, 2.24) is 9.78 Å². The number of phenols is 1. The molecule has 3 aromatic rings. The Morgan fingerprint density at radius 2 is 1.93 bits per heavy atom. The maximum absolute atomic E-state index is 13.3. The third kappa shape index (κ3) is 4.46. The van der Waals surface area contributed by atoms with Crippen LogP contribution in [0.5, 0.6) is 11.5 Å². The van der Waals surface area contributed by atoms with Crippen LogP contribution in [0.3, 0.4) is 0 Å². The molecule has 1 amide bonds. The normalized spacial score (nSPS) is 10.4. The second kappa shape index (κ2) is 8.22. The Morgan fingerprint density at radius 3 is 2.60 bits per heavy atom. The first-order valence-corrected chi connectivity index (χ1v) is 8.13. The van der Waals surface area contributed by atoms with Crippen LogP contribution in [0, 0.1) is 26.0 Å². The fraction of sp³-hybridized carbons (Fsp3) is 0.0588. The molecule has 0 atom stereocenters. The van der Waals surface area contributed by atoms with Crippen molar-refractivity contribution in [2.45, 2.75) is 6.73 Å². The number of hydrogen-bond acceptors (Lipinski definition) is 8. The van der Waals surface area contributed by atoms with E-state index >= 15 is 0 Å². The van der Waals surface area contributed by atoms with E-state index in [9.17, 15) is 34.5 Å². The summed E-state index contributed by atoms with van der Waals surface area (Å²) in [5, 5.41) is 37.7. The van der Waals surface area contributed by atoms with E-state index in [1.165, 1.54) is 12.3 Å². The van der Waals surface area contributed by atoms with Gasteiger partial charge in [-0.1, -0.05) is 0 Å². The topological polar surface area (TPSA) is 163 Å². The molecule has 0 spiro atoms. The fourth-order valence-electron chi connectivity index (χ4n) is 2.37. The highest BCUT2D eigenvalue weighted by molar-refractivity contribution is 6.03. The quantitative estimate of drug-likeness (QED) is 0.337. The van der Waals surface area contributed by atoms with E-state index in [1.807, 2.05) is 0 Å². The molecule has 0 radical (unpaired) electrons. The van der Waals surface area contributed by atoms with Gasteiger partial charge >= 0.3 is 5.69 Å². The van der Waals surface area contributed by atoms with Crippen LogP contribution in [0.1, 0.15) is 10.5 Å². The van der Waals surface area contributed by atoms with Crippen molar-refractivity contribution >= 4 is 23.0 Å². The van der Waals surface area contributed by atoms with Gasteiger partial charge in [0.15, 0.2) is 12.4 Å². The predicted octanol–water partition coefficient (Wildman–Crippen LogP) is 2.83. The molecule has 0 aliphatic rings. The molecule has 1 heterocycles. The number of ether oxygens (including phenoxy) is 1. The molecular weight excluding hydrogens is 405 g/mol. The third-order valence-electron chi connectivity index (χ3n) is 3.78. The van der Waals surface area contributed by atoms with Gasteiger partial charge in [-0.15, -0.1) is 0 Å². The average Bonchev–Trinajstić information content (AvgIpc) is 3.16. The van der Waals surface area contributed by atoms with Crippen molar-refractivity contribution in [2.24, 2.45) is 0 Å². The molecule has 0 aliphatic carbocycles. The van der Waals surface area contributed by atoms with E-state index in [4.69, 9.17) is 4.74 Å². The lowest BCUT2D eigenvalue weighted by Gasteiger charge is -2.07. The Kier molecular flexibility index (Phi) is 5.53. The van der Waals surface area contributed by atoms with Crippen LogP contribution in [-0.2, 0) is 6.73 Å². The molecule has 0 saturated carbocycles. The van der Waals surface area contributed by atoms with Crippen LogP contribution in [0.25, 0.3) is 0 Å². The number of nitrogens with zero attached hydrogens (tertiary/aromatic N) is 4. The molecule has 13 heteroatoms. The fourth-order valence-corrected chi connectivity index (χ4v) is 2.37. The molecule has 0 aliphatic heterocycles. The molecule has 2 N–H and O–H groups in total. The van der Waals surface area contributed by atoms with Gasteiger partial charge < -0.3 is 15.2 Å². The highest BCUT2D eigenvalue weighted by Crippen LogP contribution is 2.29. The van der Waals surface area contributed by atoms with Crippen molar-refractivity contribution in [3.63, 3.8) is 0 Å². The number of aromatic hydroxyl groups is 1. The molecule has 0 unspecified atom stereocenters. The first kappa shape index (κ1) is 20.2. The molecule has 0 bridgehead atoms. The summed E-state index contributed by atoms with van der Waals surface area (Å²) in [6.45, 7) is -0.347. The van der Waals surface area contributed by atoms with Gasteiger partial charge in [-0.25, -0.2) is 9.07 Å².